The summed E-state index contributed by atoms with van der Waals surface area (Å²) in [5.41, 5.74) is 1.91. The predicted octanol–water partition coefficient (Wildman–Crippen LogP) is 2.39. The summed E-state index contributed by atoms with van der Waals surface area (Å²) in [7, 11) is 0. The van der Waals surface area contributed by atoms with E-state index in [4.69, 9.17) is 4.74 Å². The van der Waals surface area contributed by atoms with Gasteiger partial charge in [0.2, 0.25) is 11.9 Å². The number of pyridine rings is 1. The van der Waals surface area contributed by atoms with Crippen LogP contribution in [-0.2, 0) is 11.3 Å². The van der Waals surface area contributed by atoms with E-state index in [1.54, 1.807) is 10.7 Å². The first-order chi connectivity index (χ1) is 13.7. The Morgan fingerprint density at radius 1 is 1.21 bits per heavy atom. The van der Waals surface area contributed by atoms with Gasteiger partial charge in [-0.1, -0.05) is 27.7 Å². The molecule has 0 unspecified atom stereocenters. The molecule has 3 heterocycles. The van der Waals surface area contributed by atoms with E-state index in [-0.39, 0.29) is 18.4 Å². The molecule has 29 heavy (non-hydrogen) atoms. The number of hydrogen-bond donors (Lipinski definition) is 1. The second-order valence-corrected chi connectivity index (χ2v) is 7.74. The Morgan fingerprint density at radius 2 is 1.97 bits per heavy atom. The normalized spacial score (nSPS) is 11.4. The van der Waals surface area contributed by atoms with Gasteiger partial charge in [0, 0.05) is 18.2 Å². The summed E-state index contributed by atoms with van der Waals surface area (Å²) in [5.74, 6) is 0.570. The van der Waals surface area contributed by atoms with E-state index in [2.05, 4.69) is 20.5 Å². The van der Waals surface area contributed by atoms with Crippen molar-refractivity contribution in [2.75, 3.05) is 11.9 Å². The van der Waals surface area contributed by atoms with Gasteiger partial charge in [0.15, 0.2) is 5.65 Å². The summed E-state index contributed by atoms with van der Waals surface area (Å²) in [6.07, 6.45) is 1.77. The Morgan fingerprint density at radius 3 is 2.66 bits per heavy atom. The van der Waals surface area contributed by atoms with Crippen molar-refractivity contribution < 1.29 is 9.53 Å². The molecule has 9 heteroatoms. The van der Waals surface area contributed by atoms with Crippen LogP contribution in [-0.4, -0.2) is 36.9 Å². The number of amides is 1. The average Bonchev–Trinajstić information content (AvgIpc) is 3.02. The van der Waals surface area contributed by atoms with Crippen molar-refractivity contribution in [1.29, 1.82) is 0 Å². The second kappa shape index (κ2) is 8.42. The van der Waals surface area contributed by atoms with Crippen molar-refractivity contribution in [3.63, 3.8) is 0 Å². The number of anilines is 1. The maximum Gasteiger partial charge on any atom is 0.270 e. The molecule has 0 aliphatic heterocycles. The third-order valence-corrected chi connectivity index (χ3v) is 4.15. The van der Waals surface area contributed by atoms with Gasteiger partial charge in [0.1, 0.15) is 18.0 Å². The molecule has 0 radical (unpaired) electrons. The van der Waals surface area contributed by atoms with Crippen molar-refractivity contribution >= 4 is 17.5 Å². The zero-order valence-electron chi connectivity index (χ0n) is 17.3. The summed E-state index contributed by atoms with van der Waals surface area (Å²) in [4.78, 5) is 29.1. The molecule has 3 aromatic rings. The highest BCUT2D eigenvalue weighted by molar-refractivity contribution is 5.88. The summed E-state index contributed by atoms with van der Waals surface area (Å²) in [6, 6.07) is 5.15. The van der Waals surface area contributed by atoms with Crippen LogP contribution in [0.25, 0.3) is 5.65 Å². The van der Waals surface area contributed by atoms with Crippen molar-refractivity contribution in [3.8, 4) is 5.75 Å². The molecule has 0 fully saturated rings. The molecule has 0 aromatic carbocycles. The highest BCUT2D eigenvalue weighted by Gasteiger charge is 2.16. The molecule has 0 spiro atoms. The van der Waals surface area contributed by atoms with Crippen LogP contribution < -0.4 is 15.6 Å². The quantitative estimate of drug-likeness (QED) is 0.655. The molecule has 0 saturated carbocycles. The Labute approximate surface area is 168 Å². The highest BCUT2D eigenvalue weighted by atomic mass is 16.5. The Hall–Kier alpha value is -3.23. The first kappa shape index (κ1) is 20.5. The summed E-state index contributed by atoms with van der Waals surface area (Å²) < 4.78 is 8.45. The van der Waals surface area contributed by atoms with Gasteiger partial charge in [0.05, 0.1) is 6.61 Å². The smallest absolute Gasteiger partial charge is 0.270 e. The number of nitrogens with zero attached hydrogens (tertiary/aromatic N) is 5. The molecular weight excluding hydrogens is 372 g/mol. The molecule has 3 rings (SSSR count). The Balaban J connectivity index is 1.78. The predicted molar refractivity (Wildman–Crippen MR) is 109 cm³/mol. The number of fused-ring (bicyclic) bond motifs is 1. The van der Waals surface area contributed by atoms with Crippen LogP contribution in [0, 0.1) is 12.8 Å². The van der Waals surface area contributed by atoms with Crippen LogP contribution in [0.2, 0.25) is 0 Å². The minimum atomic E-state index is -0.433. The molecule has 9 nitrogen and oxygen atoms in total. The number of nitrogens with one attached hydrogen (secondary N) is 1. The van der Waals surface area contributed by atoms with Crippen molar-refractivity contribution in [3.05, 3.63) is 46.0 Å². The molecule has 3 aromatic heterocycles. The summed E-state index contributed by atoms with van der Waals surface area (Å²) in [6.45, 7) is 10.2. The van der Waals surface area contributed by atoms with Gasteiger partial charge in [-0.05, 0) is 30.5 Å². The first-order valence-corrected chi connectivity index (χ1v) is 9.60. The van der Waals surface area contributed by atoms with Gasteiger partial charge in [-0.3, -0.25) is 14.9 Å². The van der Waals surface area contributed by atoms with E-state index < -0.39 is 11.5 Å². The SMILES string of the molecule is Cc1ccn2nc(NC(=O)Cn3nc(C(C)C)c(OCC(C)C)cc3=O)nc2c1. The van der Waals surface area contributed by atoms with E-state index >= 15 is 0 Å². The minimum absolute atomic E-state index is 0.0374. The van der Waals surface area contributed by atoms with Crippen molar-refractivity contribution in [1.82, 2.24) is 24.4 Å². The number of rotatable bonds is 7. The summed E-state index contributed by atoms with van der Waals surface area (Å²) >= 11 is 0. The van der Waals surface area contributed by atoms with Crippen molar-refractivity contribution in [2.24, 2.45) is 5.92 Å². The standard InChI is InChI=1S/C20H26N6O3/c1-12(2)11-29-15-9-18(28)26(23-19(15)13(3)4)10-17(27)22-20-21-16-8-14(5)6-7-25(16)24-20/h6-9,12-13H,10-11H2,1-5H3,(H,22,24,27). The fraction of sp³-hybridized carbons (Fsp3) is 0.450. The average molecular weight is 398 g/mol. The minimum Gasteiger partial charge on any atom is -0.491 e. The zero-order valence-corrected chi connectivity index (χ0v) is 17.3. The number of carbonyl (C=O) groups is 1. The van der Waals surface area contributed by atoms with E-state index in [1.165, 1.54) is 6.07 Å². The maximum absolute atomic E-state index is 12.4. The lowest BCUT2D eigenvalue weighted by molar-refractivity contribution is -0.117. The molecule has 1 N–H and O–H groups in total. The maximum atomic E-state index is 12.4. The Kier molecular flexibility index (Phi) is 5.95. The van der Waals surface area contributed by atoms with Crippen LogP contribution in [0.15, 0.2) is 29.2 Å². The number of hydrogen-bond acceptors (Lipinski definition) is 6. The van der Waals surface area contributed by atoms with Gasteiger partial charge >= 0.3 is 0 Å². The van der Waals surface area contributed by atoms with Crippen molar-refractivity contribution in [2.45, 2.75) is 47.1 Å². The Bertz CT molecular complexity index is 1080. The summed E-state index contributed by atoms with van der Waals surface area (Å²) in [5, 5.41) is 11.2. The highest BCUT2D eigenvalue weighted by Crippen LogP contribution is 2.22. The van der Waals surface area contributed by atoms with Gasteiger partial charge in [-0.2, -0.15) is 10.1 Å². The fourth-order valence-corrected chi connectivity index (χ4v) is 2.71. The number of carbonyl (C=O) groups excluding carboxylic acids is 1. The molecule has 0 aliphatic rings. The first-order valence-electron chi connectivity index (χ1n) is 9.60. The zero-order chi connectivity index (χ0) is 21.1. The number of aromatic nitrogens is 5. The largest absolute Gasteiger partial charge is 0.491 e. The van der Waals surface area contributed by atoms with E-state index in [9.17, 15) is 9.59 Å². The molecule has 0 saturated heterocycles. The van der Waals surface area contributed by atoms with Gasteiger partial charge in [-0.15, -0.1) is 5.10 Å². The molecule has 0 atom stereocenters. The van der Waals surface area contributed by atoms with Crippen LogP contribution in [0.4, 0.5) is 5.95 Å². The number of aryl methyl sites for hydroxylation is 1. The molecule has 1 amide bonds. The van der Waals surface area contributed by atoms with E-state index in [0.29, 0.717) is 29.6 Å². The number of ether oxygens (including phenoxy) is 1. The lowest BCUT2D eigenvalue weighted by atomic mass is 10.1. The van der Waals surface area contributed by atoms with Gasteiger partial charge in [0.25, 0.3) is 5.56 Å². The monoisotopic (exact) mass is 398 g/mol. The topological polar surface area (TPSA) is 103 Å². The van der Waals surface area contributed by atoms with Gasteiger partial charge in [-0.25, -0.2) is 9.20 Å². The third-order valence-electron chi connectivity index (χ3n) is 4.15. The third kappa shape index (κ3) is 4.98. The molecule has 0 bridgehead atoms. The fourth-order valence-electron chi connectivity index (χ4n) is 2.71. The van der Waals surface area contributed by atoms with Crippen LogP contribution in [0.5, 0.6) is 5.75 Å². The van der Waals surface area contributed by atoms with Crippen LogP contribution in [0.1, 0.15) is 44.9 Å². The lowest BCUT2D eigenvalue weighted by Crippen LogP contribution is -2.31. The molecule has 154 valence electrons. The van der Waals surface area contributed by atoms with Crippen LogP contribution >= 0.6 is 0 Å². The molecular formula is C20H26N6O3. The van der Waals surface area contributed by atoms with Crippen LogP contribution in [0.3, 0.4) is 0 Å². The van der Waals surface area contributed by atoms with E-state index in [0.717, 1.165) is 10.2 Å². The molecule has 0 aliphatic carbocycles. The van der Waals surface area contributed by atoms with Gasteiger partial charge < -0.3 is 4.74 Å². The lowest BCUT2D eigenvalue weighted by Gasteiger charge is -2.16. The second-order valence-electron chi connectivity index (χ2n) is 7.74. The van der Waals surface area contributed by atoms with E-state index in [1.807, 2.05) is 46.8 Å².